The molecule has 0 radical (unpaired) electrons. The van der Waals surface area contributed by atoms with Crippen LogP contribution in [0.5, 0.6) is 5.75 Å². The van der Waals surface area contributed by atoms with Crippen LogP contribution in [0.1, 0.15) is 19.4 Å². The SMILES string of the molecule is CCN(CC(=O)Nc1ccc(OC)cc1)C(C)C(=O)Nc1ccc(C)c(F)c1. The molecule has 0 aliphatic carbocycles. The number of likely N-dealkylation sites (N-methyl/N-ethyl adjacent to an activating group) is 1. The molecule has 6 nitrogen and oxygen atoms in total. The molecule has 0 saturated heterocycles. The molecular formula is C21H26FN3O3. The van der Waals surface area contributed by atoms with Gasteiger partial charge in [0.25, 0.3) is 0 Å². The number of carbonyl (C=O) groups excluding carboxylic acids is 2. The predicted molar refractivity (Wildman–Crippen MR) is 108 cm³/mol. The van der Waals surface area contributed by atoms with Gasteiger partial charge < -0.3 is 15.4 Å². The molecule has 0 saturated carbocycles. The summed E-state index contributed by atoms with van der Waals surface area (Å²) in [6.45, 7) is 5.80. The number of rotatable bonds is 8. The average molecular weight is 387 g/mol. The lowest BCUT2D eigenvalue weighted by molar-refractivity contribution is -0.123. The summed E-state index contributed by atoms with van der Waals surface area (Å²) in [7, 11) is 1.57. The monoisotopic (exact) mass is 387 g/mol. The molecule has 0 fully saturated rings. The largest absolute Gasteiger partial charge is 0.497 e. The highest BCUT2D eigenvalue weighted by atomic mass is 19.1. The summed E-state index contributed by atoms with van der Waals surface area (Å²) in [5, 5.41) is 5.49. The van der Waals surface area contributed by atoms with Gasteiger partial charge in [-0.1, -0.05) is 13.0 Å². The maximum Gasteiger partial charge on any atom is 0.241 e. The fourth-order valence-electron chi connectivity index (χ4n) is 2.67. The van der Waals surface area contributed by atoms with Gasteiger partial charge >= 0.3 is 0 Å². The van der Waals surface area contributed by atoms with Crippen LogP contribution in [0.25, 0.3) is 0 Å². The lowest BCUT2D eigenvalue weighted by Gasteiger charge is -2.26. The first-order chi connectivity index (χ1) is 13.3. The number of aryl methyl sites for hydroxylation is 1. The molecule has 2 rings (SSSR count). The molecule has 150 valence electrons. The zero-order chi connectivity index (χ0) is 20.7. The molecular weight excluding hydrogens is 361 g/mol. The number of nitrogens with one attached hydrogen (secondary N) is 2. The van der Waals surface area contributed by atoms with E-state index in [4.69, 9.17) is 4.74 Å². The highest BCUT2D eigenvalue weighted by Crippen LogP contribution is 2.16. The zero-order valence-electron chi connectivity index (χ0n) is 16.6. The van der Waals surface area contributed by atoms with E-state index in [9.17, 15) is 14.0 Å². The number of methoxy groups -OCH3 is 1. The molecule has 0 aliphatic heterocycles. The third-order valence-corrected chi connectivity index (χ3v) is 4.49. The van der Waals surface area contributed by atoms with E-state index in [-0.39, 0.29) is 24.2 Å². The normalized spacial score (nSPS) is 11.8. The number of benzene rings is 2. The number of nitrogens with zero attached hydrogens (tertiary/aromatic N) is 1. The number of amides is 2. The minimum atomic E-state index is -0.559. The molecule has 0 aliphatic rings. The lowest BCUT2D eigenvalue weighted by Crippen LogP contribution is -2.45. The van der Waals surface area contributed by atoms with E-state index < -0.39 is 6.04 Å². The number of ether oxygens (including phenoxy) is 1. The van der Waals surface area contributed by atoms with E-state index in [1.165, 1.54) is 6.07 Å². The summed E-state index contributed by atoms with van der Waals surface area (Å²) in [6.07, 6.45) is 0. The van der Waals surface area contributed by atoms with Crippen LogP contribution in [0.2, 0.25) is 0 Å². The van der Waals surface area contributed by atoms with Gasteiger partial charge in [-0.05, 0) is 62.4 Å². The first-order valence-electron chi connectivity index (χ1n) is 9.09. The van der Waals surface area contributed by atoms with Gasteiger partial charge in [-0.25, -0.2) is 4.39 Å². The summed E-state index contributed by atoms with van der Waals surface area (Å²) >= 11 is 0. The van der Waals surface area contributed by atoms with Gasteiger partial charge in [-0.3, -0.25) is 14.5 Å². The van der Waals surface area contributed by atoms with Gasteiger partial charge in [-0.15, -0.1) is 0 Å². The molecule has 1 atom stereocenters. The fourth-order valence-corrected chi connectivity index (χ4v) is 2.67. The van der Waals surface area contributed by atoms with Gasteiger partial charge in [0.05, 0.1) is 19.7 Å². The van der Waals surface area contributed by atoms with Crippen molar-refractivity contribution in [2.75, 3.05) is 30.8 Å². The summed E-state index contributed by atoms with van der Waals surface area (Å²) in [6, 6.07) is 11.0. The van der Waals surface area contributed by atoms with E-state index in [1.807, 2.05) is 6.92 Å². The summed E-state index contributed by atoms with van der Waals surface area (Å²) in [5.74, 6) is -0.210. The van der Waals surface area contributed by atoms with Crippen molar-refractivity contribution in [1.82, 2.24) is 4.90 Å². The quantitative estimate of drug-likeness (QED) is 0.728. The van der Waals surface area contributed by atoms with Crippen molar-refractivity contribution in [2.24, 2.45) is 0 Å². The van der Waals surface area contributed by atoms with Crippen molar-refractivity contribution in [3.8, 4) is 5.75 Å². The van der Waals surface area contributed by atoms with E-state index in [0.717, 1.165) is 0 Å². The number of carbonyl (C=O) groups is 2. The fraction of sp³-hybridized carbons (Fsp3) is 0.333. The average Bonchev–Trinajstić information content (AvgIpc) is 2.69. The van der Waals surface area contributed by atoms with Crippen LogP contribution in [0.4, 0.5) is 15.8 Å². The number of halogens is 1. The van der Waals surface area contributed by atoms with Gasteiger partial charge in [0.2, 0.25) is 11.8 Å². The highest BCUT2D eigenvalue weighted by molar-refractivity contribution is 5.96. The van der Waals surface area contributed by atoms with Crippen LogP contribution >= 0.6 is 0 Å². The summed E-state index contributed by atoms with van der Waals surface area (Å²) in [5.41, 5.74) is 1.55. The maximum absolute atomic E-state index is 13.7. The van der Waals surface area contributed by atoms with Crippen molar-refractivity contribution in [2.45, 2.75) is 26.8 Å². The third-order valence-electron chi connectivity index (χ3n) is 4.49. The van der Waals surface area contributed by atoms with E-state index in [2.05, 4.69) is 10.6 Å². The Morgan fingerprint density at radius 2 is 1.75 bits per heavy atom. The first kappa shape index (κ1) is 21.4. The first-order valence-corrected chi connectivity index (χ1v) is 9.09. The van der Waals surface area contributed by atoms with Gasteiger partial charge in [0, 0.05) is 11.4 Å². The van der Waals surface area contributed by atoms with Crippen molar-refractivity contribution in [1.29, 1.82) is 0 Å². The molecule has 7 heteroatoms. The van der Waals surface area contributed by atoms with Crippen LogP contribution in [-0.2, 0) is 9.59 Å². The molecule has 2 aromatic rings. The van der Waals surface area contributed by atoms with Crippen LogP contribution in [-0.4, -0.2) is 43.0 Å². The molecule has 2 amide bonds. The van der Waals surface area contributed by atoms with Crippen molar-refractivity contribution < 1.29 is 18.7 Å². The molecule has 2 aromatic carbocycles. The second kappa shape index (κ2) is 9.85. The van der Waals surface area contributed by atoms with Crippen molar-refractivity contribution >= 4 is 23.2 Å². The predicted octanol–water partition coefficient (Wildman–Crippen LogP) is 3.43. The number of hydrogen-bond acceptors (Lipinski definition) is 4. The zero-order valence-corrected chi connectivity index (χ0v) is 16.6. The molecule has 2 N–H and O–H groups in total. The van der Waals surface area contributed by atoms with Gasteiger partial charge in [-0.2, -0.15) is 0 Å². The molecule has 0 bridgehead atoms. The number of hydrogen-bond donors (Lipinski definition) is 2. The second-order valence-corrected chi connectivity index (χ2v) is 6.47. The lowest BCUT2D eigenvalue weighted by atomic mass is 10.2. The van der Waals surface area contributed by atoms with Crippen LogP contribution < -0.4 is 15.4 Å². The van der Waals surface area contributed by atoms with Gasteiger partial charge in [0.15, 0.2) is 0 Å². The Balaban J connectivity index is 1.95. The highest BCUT2D eigenvalue weighted by Gasteiger charge is 2.22. The molecule has 1 unspecified atom stereocenters. The molecule has 0 spiro atoms. The van der Waals surface area contributed by atoms with E-state index in [1.54, 1.807) is 62.3 Å². The van der Waals surface area contributed by atoms with Gasteiger partial charge in [0.1, 0.15) is 11.6 Å². The minimum absolute atomic E-state index is 0.0549. The number of anilines is 2. The summed E-state index contributed by atoms with van der Waals surface area (Å²) in [4.78, 5) is 26.6. The smallest absolute Gasteiger partial charge is 0.241 e. The Labute approximate surface area is 164 Å². The Kier molecular flexibility index (Phi) is 7.52. The van der Waals surface area contributed by atoms with E-state index in [0.29, 0.717) is 29.2 Å². The van der Waals surface area contributed by atoms with Crippen molar-refractivity contribution in [3.05, 3.63) is 53.8 Å². The molecule has 0 heterocycles. The Morgan fingerprint density at radius 1 is 1.11 bits per heavy atom. The summed E-state index contributed by atoms with van der Waals surface area (Å²) < 4.78 is 18.7. The maximum atomic E-state index is 13.7. The van der Waals surface area contributed by atoms with Crippen LogP contribution in [0.3, 0.4) is 0 Å². The second-order valence-electron chi connectivity index (χ2n) is 6.47. The standard InChI is InChI=1S/C21H26FN3O3/c1-5-25(13-20(26)23-16-8-10-18(28-4)11-9-16)15(3)21(27)24-17-7-6-14(2)19(22)12-17/h6-12,15H,5,13H2,1-4H3,(H,23,26)(H,24,27). The molecule has 0 aromatic heterocycles. The topological polar surface area (TPSA) is 70.7 Å². The Bertz CT molecular complexity index is 824. The Morgan fingerprint density at radius 3 is 2.32 bits per heavy atom. The Hall–Kier alpha value is -2.93. The van der Waals surface area contributed by atoms with E-state index >= 15 is 0 Å². The molecule has 28 heavy (non-hydrogen) atoms. The van der Waals surface area contributed by atoms with Crippen LogP contribution in [0, 0.1) is 12.7 Å². The van der Waals surface area contributed by atoms with Crippen molar-refractivity contribution in [3.63, 3.8) is 0 Å². The minimum Gasteiger partial charge on any atom is -0.497 e. The van der Waals surface area contributed by atoms with Crippen LogP contribution in [0.15, 0.2) is 42.5 Å². The third kappa shape index (κ3) is 5.79.